The van der Waals surface area contributed by atoms with Crippen LogP contribution in [0, 0.1) is 19.7 Å². The SMILES string of the molecule is Cc1cc(C)cc(N(CCCC(=O)N(Cc2ccc(F)cc2)C(C)C(=O)NC2CCCC2)S(C)(=O)=O)c1. The molecule has 1 N–H and O–H groups in total. The van der Waals surface area contributed by atoms with Crippen LogP contribution in [0.1, 0.15) is 62.1 Å². The first kappa shape index (κ1) is 28.6. The van der Waals surface area contributed by atoms with Crippen LogP contribution >= 0.6 is 0 Å². The lowest BCUT2D eigenvalue weighted by molar-refractivity contribution is -0.141. The van der Waals surface area contributed by atoms with Gasteiger partial charge in [-0.2, -0.15) is 0 Å². The van der Waals surface area contributed by atoms with Crippen molar-refractivity contribution >= 4 is 27.5 Å². The molecule has 0 radical (unpaired) electrons. The Kier molecular flexibility index (Phi) is 9.70. The zero-order valence-electron chi connectivity index (χ0n) is 22.2. The van der Waals surface area contributed by atoms with Crippen LogP contribution in [-0.4, -0.2) is 50.0 Å². The van der Waals surface area contributed by atoms with E-state index in [1.807, 2.05) is 32.0 Å². The molecule has 0 aromatic heterocycles. The molecule has 0 spiro atoms. The molecule has 2 aromatic carbocycles. The van der Waals surface area contributed by atoms with Gasteiger partial charge in [0.25, 0.3) is 0 Å². The second-order valence-electron chi connectivity index (χ2n) is 10.1. The van der Waals surface area contributed by atoms with E-state index in [-0.39, 0.29) is 49.6 Å². The standard InChI is InChI=1S/C28H38FN3O4S/c1-20-16-21(2)18-26(17-20)32(37(4,35)36)15-7-10-27(33)31(19-23-11-13-24(29)14-12-23)22(3)28(34)30-25-8-5-6-9-25/h11-14,16-18,22,25H,5-10,15,19H2,1-4H3,(H,30,34). The van der Waals surface area contributed by atoms with Crippen molar-refractivity contribution in [3.8, 4) is 0 Å². The number of hydrogen-bond acceptors (Lipinski definition) is 4. The van der Waals surface area contributed by atoms with Crippen LogP contribution in [0.5, 0.6) is 0 Å². The van der Waals surface area contributed by atoms with Crippen LogP contribution in [0.2, 0.25) is 0 Å². The molecule has 2 aromatic rings. The molecule has 1 fully saturated rings. The Hall–Kier alpha value is -2.94. The number of halogens is 1. The second-order valence-corrected chi connectivity index (χ2v) is 12.0. The zero-order valence-corrected chi connectivity index (χ0v) is 23.0. The number of carbonyl (C=O) groups excluding carboxylic acids is 2. The van der Waals surface area contributed by atoms with E-state index in [9.17, 15) is 22.4 Å². The summed E-state index contributed by atoms with van der Waals surface area (Å²) in [6.45, 7) is 5.81. The molecule has 1 unspecified atom stereocenters. The van der Waals surface area contributed by atoms with Crippen molar-refractivity contribution in [1.29, 1.82) is 0 Å². The van der Waals surface area contributed by atoms with Gasteiger partial charge >= 0.3 is 0 Å². The maximum absolute atomic E-state index is 13.4. The fourth-order valence-corrected chi connectivity index (χ4v) is 5.81. The number of carbonyl (C=O) groups is 2. The van der Waals surface area contributed by atoms with E-state index in [4.69, 9.17) is 0 Å². The van der Waals surface area contributed by atoms with E-state index in [2.05, 4.69) is 5.32 Å². The number of benzene rings is 2. The van der Waals surface area contributed by atoms with Crippen LogP contribution < -0.4 is 9.62 Å². The predicted octanol–water partition coefficient (Wildman–Crippen LogP) is 4.46. The molecular weight excluding hydrogens is 493 g/mol. The molecule has 0 aliphatic heterocycles. The number of nitrogens with zero attached hydrogens (tertiary/aromatic N) is 2. The summed E-state index contributed by atoms with van der Waals surface area (Å²) in [4.78, 5) is 27.9. The molecule has 0 bridgehead atoms. The molecule has 1 aliphatic rings. The van der Waals surface area contributed by atoms with E-state index < -0.39 is 16.1 Å². The van der Waals surface area contributed by atoms with Crippen LogP contribution in [0.15, 0.2) is 42.5 Å². The normalized spacial score (nSPS) is 14.8. The number of nitrogens with one attached hydrogen (secondary N) is 1. The minimum atomic E-state index is -3.56. The molecule has 202 valence electrons. The highest BCUT2D eigenvalue weighted by atomic mass is 32.2. The van der Waals surface area contributed by atoms with Gasteiger partial charge in [-0.25, -0.2) is 12.8 Å². The van der Waals surface area contributed by atoms with Crippen molar-refractivity contribution in [3.63, 3.8) is 0 Å². The van der Waals surface area contributed by atoms with Gasteiger partial charge in [0.2, 0.25) is 21.8 Å². The van der Waals surface area contributed by atoms with Crippen molar-refractivity contribution in [3.05, 3.63) is 65.0 Å². The minimum absolute atomic E-state index is 0.0685. The van der Waals surface area contributed by atoms with Gasteiger partial charge in [-0.3, -0.25) is 13.9 Å². The third kappa shape index (κ3) is 8.28. The summed E-state index contributed by atoms with van der Waals surface area (Å²) in [6.07, 6.45) is 5.54. The fourth-order valence-electron chi connectivity index (χ4n) is 4.86. The number of hydrogen-bond donors (Lipinski definition) is 1. The Morgan fingerprint density at radius 1 is 1.05 bits per heavy atom. The first-order valence-corrected chi connectivity index (χ1v) is 14.7. The molecule has 9 heteroatoms. The first-order valence-electron chi connectivity index (χ1n) is 12.8. The molecule has 37 heavy (non-hydrogen) atoms. The van der Waals surface area contributed by atoms with Gasteiger partial charge in [0.1, 0.15) is 11.9 Å². The van der Waals surface area contributed by atoms with Gasteiger partial charge in [0, 0.05) is 25.6 Å². The summed E-state index contributed by atoms with van der Waals surface area (Å²) in [5.41, 5.74) is 3.18. The lowest BCUT2D eigenvalue weighted by Gasteiger charge is -2.30. The Balaban J connectivity index is 1.73. The first-order chi connectivity index (χ1) is 17.4. The van der Waals surface area contributed by atoms with Gasteiger partial charge < -0.3 is 10.2 Å². The molecule has 1 saturated carbocycles. The highest BCUT2D eigenvalue weighted by molar-refractivity contribution is 7.92. The number of aryl methyl sites for hydroxylation is 2. The Labute approximate surface area is 220 Å². The van der Waals surface area contributed by atoms with Crippen molar-refractivity contribution in [2.45, 2.75) is 77.9 Å². The molecule has 1 atom stereocenters. The molecule has 0 saturated heterocycles. The summed E-state index contributed by atoms with van der Waals surface area (Å²) in [5.74, 6) is -0.844. The summed E-state index contributed by atoms with van der Waals surface area (Å²) < 4.78 is 39.8. The highest BCUT2D eigenvalue weighted by Crippen LogP contribution is 2.23. The summed E-state index contributed by atoms with van der Waals surface area (Å²) in [6, 6.07) is 10.9. The van der Waals surface area contributed by atoms with Crippen LogP contribution in [-0.2, 0) is 26.2 Å². The van der Waals surface area contributed by atoms with E-state index in [1.165, 1.54) is 21.3 Å². The molecular formula is C28H38FN3O4S. The minimum Gasteiger partial charge on any atom is -0.352 e. The second kappa shape index (κ2) is 12.5. The van der Waals surface area contributed by atoms with E-state index in [1.54, 1.807) is 19.1 Å². The quantitative estimate of drug-likeness (QED) is 0.464. The lowest BCUT2D eigenvalue weighted by Crippen LogP contribution is -2.49. The zero-order chi connectivity index (χ0) is 27.2. The van der Waals surface area contributed by atoms with Crippen LogP contribution in [0.4, 0.5) is 10.1 Å². The van der Waals surface area contributed by atoms with Gasteiger partial charge in [-0.15, -0.1) is 0 Å². The average molecular weight is 532 g/mol. The maximum atomic E-state index is 13.4. The van der Waals surface area contributed by atoms with Crippen LogP contribution in [0.3, 0.4) is 0 Å². The van der Waals surface area contributed by atoms with E-state index in [0.29, 0.717) is 11.3 Å². The van der Waals surface area contributed by atoms with E-state index in [0.717, 1.165) is 43.1 Å². The molecule has 1 aliphatic carbocycles. The number of amides is 2. The highest BCUT2D eigenvalue weighted by Gasteiger charge is 2.28. The van der Waals surface area contributed by atoms with Crippen molar-refractivity contribution in [2.75, 3.05) is 17.1 Å². The maximum Gasteiger partial charge on any atom is 0.242 e. The number of anilines is 1. The van der Waals surface area contributed by atoms with Crippen LogP contribution in [0.25, 0.3) is 0 Å². The molecule has 3 rings (SSSR count). The van der Waals surface area contributed by atoms with Crippen molar-refractivity contribution < 1.29 is 22.4 Å². The lowest BCUT2D eigenvalue weighted by atomic mass is 10.1. The predicted molar refractivity (Wildman–Crippen MR) is 144 cm³/mol. The third-order valence-corrected chi connectivity index (χ3v) is 7.98. The molecule has 7 nitrogen and oxygen atoms in total. The topological polar surface area (TPSA) is 86.8 Å². The summed E-state index contributed by atoms with van der Waals surface area (Å²) in [5, 5.41) is 3.05. The number of rotatable bonds is 11. The molecule has 2 amide bonds. The van der Waals surface area contributed by atoms with Gasteiger partial charge in [-0.05, 0) is 81.0 Å². The monoisotopic (exact) mass is 531 g/mol. The van der Waals surface area contributed by atoms with Gasteiger partial charge in [0.05, 0.1) is 11.9 Å². The fraction of sp³-hybridized carbons (Fsp3) is 0.500. The van der Waals surface area contributed by atoms with Gasteiger partial charge in [-0.1, -0.05) is 31.0 Å². The third-order valence-electron chi connectivity index (χ3n) is 6.78. The van der Waals surface area contributed by atoms with Crippen molar-refractivity contribution in [1.82, 2.24) is 10.2 Å². The Bertz CT molecular complexity index is 1170. The number of sulfonamides is 1. The Morgan fingerprint density at radius 2 is 1.65 bits per heavy atom. The van der Waals surface area contributed by atoms with E-state index >= 15 is 0 Å². The van der Waals surface area contributed by atoms with Gasteiger partial charge in [0.15, 0.2) is 0 Å². The van der Waals surface area contributed by atoms with Crippen molar-refractivity contribution in [2.24, 2.45) is 0 Å². The molecule has 0 heterocycles. The largest absolute Gasteiger partial charge is 0.352 e. The smallest absolute Gasteiger partial charge is 0.242 e. The summed E-state index contributed by atoms with van der Waals surface area (Å²) >= 11 is 0. The summed E-state index contributed by atoms with van der Waals surface area (Å²) in [7, 11) is -3.56. The average Bonchev–Trinajstić information content (AvgIpc) is 3.32. The Morgan fingerprint density at radius 3 is 2.22 bits per heavy atom.